The lowest BCUT2D eigenvalue weighted by molar-refractivity contribution is -0.121. The second-order valence-electron chi connectivity index (χ2n) is 4.59. The smallest absolute Gasteiger partial charge is 0.240 e. The molecule has 0 heterocycles. The fourth-order valence-electron chi connectivity index (χ4n) is 1.48. The number of anilines is 1. The number of nitrogens with one attached hydrogen (secondary N) is 2. The molecule has 20 heavy (non-hydrogen) atoms. The van der Waals surface area contributed by atoms with Crippen molar-refractivity contribution in [1.82, 2.24) is 10.0 Å². The fourth-order valence-corrected chi connectivity index (χ4v) is 2.54. The first-order chi connectivity index (χ1) is 9.22. The number of nitrogen functional groups attached to an aromatic ring is 1. The zero-order valence-electron chi connectivity index (χ0n) is 11.4. The Morgan fingerprint density at radius 3 is 2.60 bits per heavy atom. The molecule has 0 aliphatic carbocycles. The topological polar surface area (TPSA) is 122 Å². The lowest BCUT2D eigenvalue weighted by Gasteiger charge is -2.10. The molecule has 0 saturated carbocycles. The van der Waals surface area contributed by atoms with Crippen molar-refractivity contribution in [2.24, 2.45) is 0 Å². The van der Waals surface area contributed by atoms with Crippen LogP contribution in [0.2, 0.25) is 0 Å². The van der Waals surface area contributed by atoms with Crippen LogP contribution in [0.5, 0.6) is 5.75 Å². The van der Waals surface area contributed by atoms with E-state index in [1.54, 1.807) is 0 Å². The van der Waals surface area contributed by atoms with E-state index in [1.807, 2.05) is 13.8 Å². The largest absolute Gasteiger partial charge is 0.506 e. The van der Waals surface area contributed by atoms with E-state index in [-0.39, 0.29) is 41.2 Å². The van der Waals surface area contributed by atoms with E-state index in [0.717, 1.165) is 6.07 Å². The number of hydrogen-bond acceptors (Lipinski definition) is 5. The molecule has 1 amide bonds. The van der Waals surface area contributed by atoms with Crippen molar-refractivity contribution < 1.29 is 18.3 Å². The molecular formula is C12H19N3O4S. The van der Waals surface area contributed by atoms with Gasteiger partial charge >= 0.3 is 0 Å². The lowest BCUT2D eigenvalue weighted by Crippen LogP contribution is -2.34. The molecule has 1 aromatic rings. The molecule has 1 rings (SSSR count). The maximum atomic E-state index is 11.9. The molecule has 0 unspecified atom stereocenters. The molecule has 0 bridgehead atoms. The lowest BCUT2D eigenvalue weighted by atomic mass is 10.3. The predicted molar refractivity (Wildman–Crippen MR) is 75.6 cm³/mol. The van der Waals surface area contributed by atoms with E-state index < -0.39 is 10.0 Å². The first-order valence-corrected chi connectivity index (χ1v) is 7.58. The van der Waals surface area contributed by atoms with Crippen LogP contribution in [-0.4, -0.2) is 32.0 Å². The van der Waals surface area contributed by atoms with Crippen LogP contribution in [0.3, 0.4) is 0 Å². The third kappa shape index (κ3) is 4.71. The molecule has 0 aromatic heterocycles. The van der Waals surface area contributed by atoms with Gasteiger partial charge in [0.2, 0.25) is 15.9 Å². The molecule has 7 nitrogen and oxygen atoms in total. The monoisotopic (exact) mass is 301 g/mol. The number of sulfonamides is 1. The minimum Gasteiger partial charge on any atom is -0.506 e. The van der Waals surface area contributed by atoms with Crippen LogP contribution in [-0.2, 0) is 14.8 Å². The van der Waals surface area contributed by atoms with E-state index >= 15 is 0 Å². The maximum Gasteiger partial charge on any atom is 0.240 e. The number of rotatable bonds is 6. The minimum absolute atomic E-state index is 0.0102. The molecule has 0 aliphatic rings. The Balaban J connectivity index is 2.62. The molecule has 0 radical (unpaired) electrons. The van der Waals surface area contributed by atoms with Gasteiger partial charge in [0.05, 0.1) is 10.6 Å². The van der Waals surface area contributed by atoms with Crippen molar-refractivity contribution in [3.8, 4) is 5.75 Å². The first-order valence-electron chi connectivity index (χ1n) is 6.10. The molecule has 0 spiro atoms. The van der Waals surface area contributed by atoms with Crippen molar-refractivity contribution in [3.05, 3.63) is 18.2 Å². The summed E-state index contributed by atoms with van der Waals surface area (Å²) in [5, 5.41) is 11.9. The third-order valence-corrected chi connectivity index (χ3v) is 3.86. The van der Waals surface area contributed by atoms with Crippen LogP contribution >= 0.6 is 0 Å². The quantitative estimate of drug-likeness (QED) is 0.441. The molecule has 0 atom stereocenters. The summed E-state index contributed by atoms with van der Waals surface area (Å²) in [5.41, 5.74) is 5.42. The van der Waals surface area contributed by atoms with Crippen LogP contribution in [0.1, 0.15) is 20.3 Å². The van der Waals surface area contributed by atoms with Gasteiger partial charge in [0.1, 0.15) is 5.75 Å². The van der Waals surface area contributed by atoms with Gasteiger partial charge in [0, 0.05) is 19.0 Å². The van der Waals surface area contributed by atoms with Gasteiger partial charge in [-0.05, 0) is 32.0 Å². The average molecular weight is 301 g/mol. The zero-order chi connectivity index (χ0) is 15.3. The highest BCUT2D eigenvalue weighted by Crippen LogP contribution is 2.22. The number of phenolic OH excluding ortho intramolecular Hbond substituents is 1. The van der Waals surface area contributed by atoms with Crippen molar-refractivity contribution >= 4 is 21.6 Å². The number of phenols is 1. The molecule has 0 aliphatic heterocycles. The van der Waals surface area contributed by atoms with Gasteiger partial charge in [-0.1, -0.05) is 0 Å². The Kier molecular flexibility index (Phi) is 5.34. The van der Waals surface area contributed by atoms with Gasteiger partial charge in [-0.25, -0.2) is 13.1 Å². The molecule has 112 valence electrons. The van der Waals surface area contributed by atoms with Gasteiger partial charge in [0.25, 0.3) is 0 Å². The van der Waals surface area contributed by atoms with Gasteiger partial charge in [0.15, 0.2) is 0 Å². The van der Waals surface area contributed by atoms with Crippen molar-refractivity contribution in [1.29, 1.82) is 0 Å². The fraction of sp³-hybridized carbons (Fsp3) is 0.417. The Bertz CT molecular complexity index is 584. The Morgan fingerprint density at radius 1 is 1.40 bits per heavy atom. The highest BCUT2D eigenvalue weighted by atomic mass is 32.2. The Labute approximate surface area is 118 Å². The summed E-state index contributed by atoms with van der Waals surface area (Å²) < 4.78 is 26.1. The summed E-state index contributed by atoms with van der Waals surface area (Å²) in [5.74, 6) is -0.409. The highest BCUT2D eigenvalue weighted by Gasteiger charge is 2.15. The van der Waals surface area contributed by atoms with Crippen molar-refractivity contribution in [2.75, 3.05) is 12.3 Å². The number of nitrogens with two attached hydrogens (primary N) is 1. The summed E-state index contributed by atoms with van der Waals surface area (Å²) in [4.78, 5) is 11.3. The predicted octanol–water partition coefficient (Wildman–Crippen LogP) is 0.167. The number of hydrogen-bond donors (Lipinski definition) is 4. The second-order valence-corrected chi connectivity index (χ2v) is 6.36. The van der Waals surface area contributed by atoms with Gasteiger partial charge in [-0.2, -0.15) is 0 Å². The number of amides is 1. The molecule has 0 saturated heterocycles. The van der Waals surface area contributed by atoms with E-state index in [2.05, 4.69) is 10.0 Å². The summed E-state index contributed by atoms with van der Waals surface area (Å²) in [6.07, 6.45) is 0.0466. The van der Waals surface area contributed by atoms with Gasteiger partial charge in [-0.15, -0.1) is 0 Å². The normalized spacial score (nSPS) is 11.6. The number of benzene rings is 1. The molecule has 1 aromatic carbocycles. The van der Waals surface area contributed by atoms with E-state index in [9.17, 15) is 18.3 Å². The average Bonchev–Trinajstić information content (AvgIpc) is 2.31. The number of carbonyl (C=O) groups is 1. The van der Waals surface area contributed by atoms with Gasteiger partial charge in [-0.3, -0.25) is 4.79 Å². The van der Waals surface area contributed by atoms with E-state index in [1.165, 1.54) is 12.1 Å². The zero-order valence-corrected chi connectivity index (χ0v) is 12.2. The third-order valence-electron chi connectivity index (χ3n) is 2.40. The molecule has 0 fully saturated rings. The summed E-state index contributed by atoms with van der Waals surface area (Å²) in [6, 6.07) is 3.61. The summed E-state index contributed by atoms with van der Waals surface area (Å²) in [7, 11) is -3.74. The number of aromatic hydroxyl groups is 1. The van der Waals surface area contributed by atoms with Crippen molar-refractivity contribution in [2.45, 2.75) is 31.2 Å². The molecule has 5 N–H and O–H groups in total. The van der Waals surface area contributed by atoms with Crippen molar-refractivity contribution in [3.63, 3.8) is 0 Å². The second kappa shape index (κ2) is 6.58. The maximum absolute atomic E-state index is 11.9. The van der Waals surface area contributed by atoms with E-state index in [0.29, 0.717) is 0 Å². The summed E-state index contributed by atoms with van der Waals surface area (Å²) >= 11 is 0. The minimum atomic E-state index is -3.74. The van der Waals surface area contributed by atoms with Crippen LogP contribution in [0.15, 0.2) is 23.1 Å². The van der Waals surface area contributed by atoms with Crippen LogP contribution < -0.4 is 15.8 Å². The van der Waals surface area contributed by atoms with E-state index in [4.69, 9.17) is 5.73 Å². The molecule has 8 heteroatoms. The Morgan fingerprint density at radius 2 is 2.05 bits per heavy atom. The standard InChI is InChI=1S/C12H19N3O4S/c1-8(2)15-12(17)5-6-14-20(18,19)9-3-4-11(16)10(13)7-9/h3-4,7-8,14,16H,5-6,13H2,1-2H3,(H,15,17). The molecular weight excluding hydrogens is 282 g/mol. The summed E-state index contributed by atoms with van der Waals surface area (Å²) in [6.45, 7) is 3.63. The first kappa shape index (κ1) is 16.3. The SMILES string of the molecule is CC(C)NC(=O)CCNS(=O)(=O)c1ccc(O)c(N)c1. The Hall–Kier alpha value is -1.80. The highest BCUT2D eigenvalue weighted by molar-refractivity contribution is 7.89. The van der Waals surface area contributed by atoms with Gasteiger partial charge < -0.3 is 16.2 Å². The number of carbonyl (C=O) groups excluding carboxylic acids is 1. The van der Waals surface area contributed by atoms with Crippen LogP contribution in [0.25, 0.3) is 0 Å². The van der Waals surface area contributed by atoms with Crippen LogP contribution in [0.4, 0.5) is 5.69 Å². The van der Waals surface area contributed by atoms with Crippen LogP contribution in [0, 0.1) is 0 Å².